The minimum absolute atomic E-state index is 0.151. The highest BCUT2D eigenvalue weighted by Gasteiger charge is 2.11. The van der Waals surface area contributed by atoms with E-state index < -0.39 is 7.82 Å². The molecule has 0 aliphatic rings. The molecule has 5 heteroatoms. The van der Waals surface area contributed by atoms with Crippen LogP contribution in [0.5, 0.6) is 0 Å². The molecule has 0 spiro atoms. The van der Waals surface area contributed by atoms with Crippen molar-refractivity contribution in [1.29, 1.82) is 0 Å². The molecule has 0 aromatic rings. The van der Waals surface area contributed by atoms with E-state index in [0.29, 0.717) is 6.42 Å². The van der Waals surface area contributed by atoms with Crippen LogP contribution in [0.15, 0.2) is 0 Å². The Labute approximate surface area is 112 Å². The number of unbranched alkanes of at least 4 members (excludes halogenated alkanes) is 3. The van der Waals surface area contributed by atoms with Gasteiger partial charge in [0.15, 0.2) is 0 Å². The molecular formula is C13H31O4P. The first-order valence-corrected chi connectivity index (χ1v) is 8.60. The first-order valence-electron chi connectivity index (χ1n) is 7.07. The smallest absolute Gasteiger partial charge is 0.303 e. The van der Waals surface area contributed by atoms with Gasteiger partial charge in [0, 0.05) is 0 Å². The van der Waals surface area contributed by atoms with Crippen LogP contribution in [0.2, 0.25) is 0 Å². The summed E-state index contributed by atoms with van der Waals surface area (Å²) in [6.45, 7) is 9.01. The molecule has 18 heavy (non-hydrogen) atoms. The molecule has 1 unspecified atom stereocenters. The van der Waals surface area contributed by atoms with Crippen LogP contribution in [0.1, 0.15) is 72.6 Å². The number of hydrogen-bond donors (Lipinski definition) is 2. The average molecular weight is 282 g/mol. The summed E-state index contributed by atoms with van der Waals surface area (Å²) in [5, 5.41) is 0. The van der Waals surface area contributed by atoms with Gasteiger partial charge in [0.1, 0.15) is 0 Å². The van der Waals surface area contributed by atoms with E-state index in [-0.39, 0.29) is 6.61 Å². The highest BCUT2D eigenvalue weighted by Crippen LogP contribution is 2.35. The van der Waals surface area contributed by atoms with Crippen LogP contribution in [0.4, 0.5) is 0 Å². The molecule has 0 aromatic carbocycles. The normalized spacial score (nSPS) is 12.8. The summed E-state index contributed by atoms with van der Waals surface area (Å²) in [5.74, 6) is 0.954. The Morgan fingerprint density at radius 1 is 1.06 bits per heavy atom. The summed E-state index contributed by atoms with van der Waals surface area (Å²) < 4.78 is 14.3. The lowest BCUT2D eigenvalue weighted by atomic mass is 10.0. The van der Waals surface area contributed by atoms with Gasteiger partial charge < -0.3 is 9.79 Å². The molecule has 0 fully saturated rings. The van der Waals surface area contributed by atoms with Crippen molar-refractivity contribution < 1.29 is 18.9 Å². The maximum absolute atomic E-state index is 10.1. The Morgan fingerprint density at radius 2 is 1.61 bits per heavy atom. The van der Waals surface area contributed by atoms with Gasteiger partial charge in [0.2, 0.25) is 0 Å². The van der Waals surface area contributed by atoms with Crippen molar-refractivity contribution in [2.45, 2.75) is 72.6 Å². The van der Waals surface area contributed by atoms with E-state index in [4.69, 9.17) is 9.79 Å². The second-order valence-corrected chi connectivity index (χ2v) is 5.93. The molecule has 0 saturated carbocycles. The van der Waals surface area contributed by atoms with E-state index in [9.17, 15) is 4.57 Å². The van der Waals surface area contributed by atoms with Crippen molar-refractivity contribution in [3.8, 4) is 0 Å². The molecule has 2 N–H and O–H groups in total. The lowest BCUT2D eigenvalue weighted by Gasteiger charge is -2.04. The Hall–Kier alpha value is 0.110. The van der Waals surface area contributed by atoms with E-state index in [1.165, 1.54) is 25.7 Å². The minimum atomic E-state index is -4.21. The maximum atomic E-state index is 10.1. The Balaban J connectivity index is 0. The van der Waals surface area contributed by atoms with Crippen LogP contribution in [-0.2, 0) is 9.09 Å². The molecular weight excluding hydrogens is 251 g/mol. The van der Waals surface area contributed by atoms with Gasteiger partial charge >= 0.3 is 7.82 Å². The lowest BCUT2D eigenvalue weighted by molar-refractivity contribution is 0.193. The summed E-state index contributed by atoms with van der Waals surface area (Å²) >= 11 is 0. The third kappa shape index (κ3) is 21.4. The van der Waals surface area contributed by atoms with Crippen molar-refractivity contribution in [1.82, 2.24) is 0 Å². The minimum Gasteiger partial charge on any atom is -0.303 e. The third-order valence-corrected chi connectivity index (χ3v) is 3.27. The molecule has 0 saturated heterocycles. The summed E-state index contributed by atoms with van der Waals surface area (Å²) in [6, 6.07) is 0. The Bertz CT molecular complexity index is 203. The number of rotatable bonds is 9. The van der Waals surface area contributed by atoms with Crippen LogP contribution >= 0.6 is 7.82 Å². The van der Waals surface area contributed by atoms with Crippen molar-refractivity contribution in [2.24, 2.45) is 5.92 Å². The van der Waals surface area contributed by atoms with Gasteiger partial charge in [-0.3, -0.25) is 4.52 Å². The second-order valence-electron chi connectivity index (χ2n) is 4.69. The molecule has 4 nitrogen and oxygen atoms in total. The van der Waals surface area contributed by atoms with E-state index in [0.717, 1.165) is 18.8 Å². The molecule has 0 aromatic heterocycles. The van der Waals surface area contributed by atoms with E-state index in [2.05, 4.69) is 25.3 Å². The topological polar surface area (TPSA) is 66.8 Å². The zero-order valence-electron chi connectivity index (χ0n) is 12.4. The number of phosphoric ester groups is 1. The van der Waals surface area contributed by atoms with Gasteiger partial charge in [-0.15, -0.1) is 0 Å². The van der Waals surface area contributed by atoms with E-state index in [1.54, 1.807) is 0 Å². The van der Waals surface area contributed by atoms with Gasteiger partial charge in [0.05, 0.1) is 6.61 Å². The highest BCUT2D eigenvalue weighted by molar-refractivity contribution is 7.46. The van der Waals surface area contributed by atoms with Gasteiger partial charge in [-0.05, 0) is 12.3 Å². The fraction of sp³-hybridized carbons (Fsp3) is 1.00. The summed E-state index contributed by atoms with van der Waals surface area (Å²) in [5.41, 5.74) is 0. The second kappa shape index (κ2) is 13.5. The zero-order valence-corrected chi connectivity index (χ0v) is 13.3. The number of hydrogen-bond acceptors (Lipinski definition) is 2. The molecule has 0 rings (SSSR count). The monoisotopic (exact) mass is 282 g/mol. The zero-order chi connectivity index (χ0) is 14.4. The van der Waals surface area contributed by atoms with Crippen molar-refractivity contribution in [3.63, 3.8) is 0 Å². The Kier molecular flexibility index (Phi) is 15.4. The van der Waals surface area contributed by atoms with Gasteiger partial charge in [-0.1, -0.05) is 66.2 Å². The first-order chi connectivity index (χ1) is 8.37. The molecule has 0 amide bonds. The van der Waals surface area contributed by atoms with Gasteiger partial charge in [0.25, 0.3) is 0 Å². The van der Waals surface area contributed by atoms with Crippen molar-refractivity contribution in [3.05, 3.63) is 0 Å². The number of phosphoric acid groups is 1. The van der Waals surface area contributed by atoms with Crippen molar-refractivity contribution >= 4 is 7.82 Å². The molecule has 0 heterocycles. The molecule has 0 aliphatic heterocycles. The fourth-order valence-electron chi connectivity index (χ4n) is 1.29. The maximum Gasteiger partial charge on any atom is 0.469 e. The first kappa shape index (κ1) is 20.4. The van der Waals surface area contributed by atoms with Crippen molar-refractivity contribution in [2.75, 3.05) is 6.61 Å². The highest BCUT2D eigenvalue weighted by atomic mass is 31.2. The van der Waals surface area contributed by atoms with E-state index in [1.807, 2.05) is 6.92 Å². The van der Waals surface area contributed by atoms with Gasteiger partial charge in [-0.2, -0.15) is 0 Å². The van der Waals surface area contributed by atoms with Crippen LogP contribution in [0, 0.1) is 5.92 Å². The molecule has 0 radical (unpaired) electrons. The fourth-order valence-corrected chi connectivity index (χ4v) is 1.66. The molecule has 1 atom stereocenters. The standard InChI is InChI=1S/C8H18.C5H13O4P/c1-4-6-7-8(3)5-2;1-2-3-4-5-9-10(6,7)8/h8H,4-7H2,1-3H3;2-5H2,1H3,(H2,6,7,8). The van der Waals surface area contributed by atoms with Crippen LogP contribution in [0.25, 0.3) is 0 Å². The largest absolute Gasteiger partial charge is 0.469 e. The molecule has 0 aliphatic carbocycles. The Morgan fingerprint density at radius 3 is 2.00 bits per heavy atom. The van der Waals surface area contributed by atoms with E-state index >= 15 is 0 Å². The quantitative estimate of drug-likeness (QED) is 0.482. The summed E-state index contributed by atoms with van der Waals surface area (Å²) in [7, 11) is -4.21. The van der Waals surface area contributed by atoms with Crippen LogP contribution in [-0.4, -0.2) is 16.4 Å². The van der Waals surface area contributed by atoms with Crippen LogP contribution in [0.3, 0.4) is 0 Å². The van der Waals surface area contributed by atoms with Crippen LogP contribution < -0.4 is 0 Å². The summed E-state index contributed by atoms with van der Waals surface area (Å²) in [6.07, 6.45) is 8.21. The van der Waals surface area contributed by atoms with Gasteiger partial charge in [-0.25, -0.2) is 4.57 Å². The predicted octanol–water partition coefficient (Wildman–Crippen LogP) is 4.51. The molecule has 0 bridgehead atoms. The predicted molar refractivity (Wildman–Crippen MR) is 76.5 cm³/mol. The average Bonchev–Trinajstić information content (AvgIpc) is 2.31. The lowest BCUT2D eigenvalue weighted by Crippen LogP contribution is -1.91. The third-order valence-electron chi connectivity index (χ3n) is 2.75. The molecule has 112 valence electrons. The summed E-state index contributed by atoms with van der Waals surface area (Å²) in [4.78, 5) is 16.4. The SMILES string of the molecule is CCCCC(C)CC.CCCCCOP(=O)(O)O.